The smallest absolute Gasteiger partial charge is 0.323 e. The predicted molar refractivity (Wildman–Crippen MR) is 192 cm³/mol. The zero-order valence-electron chi connectivity index (χ0n) is 27.3. The molecule has 0 spiro atoms. The summed E-state index contributed by atoms with van der Waals surface area (Å²) in [4.78, 5) is 30.0. The van der Waals surface area contributed by atoms with Gasteiger partial charge in [0.25, 0.3) is 5.91 Å². The van der Waals surface area contributed by atoms with Crippen LogP contribution in [0.15, 0.2) is 95.7 Å². The van der Waals surface area contributed by atoms with E-state index in [2.05, 4.69) is 49.3 Å². The molecule has 1 saturated heterocycles. The molecule has 0 unspecified atom stereocenters. The minimum absolute atomic E-state index is 0.242. The fourth-order valence-electron chi connectivity index (χ4n) is 4.95. The van der Waals surface area contributed by atoms with Crippen molar-refractivity contribution in [2.75, 3.05) is 73.8 Å². The summed E-state index contributed by atoms with van der Waals surface area (Å²) in [6.45, 7) is 6.91. The number of hydrogen-bond donors (Lipinski definition) is 3. The second kappa shape index (κ2) is 16.9. The number of benzene rings is 3. The average molecular weight is 657 g/mol. The number of ether oxygens (including phenoxy) is 2. The van der Waals surface area contributed by atoms with Crippen LogP contribution in [0.1, 0.15) is 36.5 Å². The average Bonchev–Trinajstić information content (AvgIpc) is 3.09. The van der Waals surface area contributed by atoms with Crippen molar-refractivity contribution in [1.29, 1.82) is 0 Å². The van der Waals surface area contributed by atoms with Gasteiger partial charge in [0, 0.05) is 60.4 Å². The molecule has 0 radical (unpaired) electrons. The number of allylic oxidation sites excluding steroid dienone is 2. The van der Waals surface area contributed by atoms with Gasteiger partial charge in [0.1, 0.15) is 12.4 Å². The van der Waals surface area contributed by atoms with E-state index in [9.17, 15) is 9.59 Å². The summed E-state index contributed by atoms with van der Waals surface area (Å²) in [5.74, 6) is 0.508. The van der Waals surface area contributed by atoms with Crippen molar-refractivity contribution in [3.8, 4) is 5.75 Å². The molecule has 10 nitrogen and oxygen atoms in total. The van der Waals surface area contributed by atoms with Gasteiger partial charge in [-0.3, -0.25) is 9.10 Å². The third-order valence-corrected chi connectivity index (χ3v) is 8.71. The Balaban J connectivity index is 1.11. The van der Waals surface area contributed by atoms with Crippen molar-refractivity contribution < 1.29 is 19.1 Å². The summed E-state index contributed by atoms with van der Waals surface area (Å²) in [5.41, 5.74) is 4.75. The van der Waals surface area contributed by atoms with Gasteiger partial charge < -0.3 is 35.2 Å². The lowest BCUT2D eigenvalue weighted by Crippen LogP contribution is -2.36. The zero-order chi connectivity index (χ0) is 33.0. The van der Waals surface area contributed by atoms with Crippen molar-refractivity contribution in [3.05, 3.63) is 101 Å². The van der Waals surface area contributed by atoms with E-state index in [0.29, 0.717) is 29.2 Å². The molecule has 0 bridgehead atoms. The van der Waals surface area contributed by atoms with Gasteiger partial charge in [-0.2, -0.15) is 0 Å². The first-order valence-corrected chi connectivity index (χ1v) is 16.8. The zero-order valence-corrected chi connectivity index (χ0v) is 28.1. The molecule has 2 aliphatic heterocycles. The Bertz CT molecular complexity index is 1540. The van der Waals surface area contributed by atoms with Crippen LogP contribution in [0.4, 0.5) is 27.5 Å². The van der Waals surface area contributed by atoms with Gasteiger partial charge in [0.2, 0.25) is 0 Å². The van der Waals surface area contributed by atoms with E-state index in [1.807, 2.05) is 62.6 Å². The standard InChI is InChI=1S/C36H44N6O4S/c1-4-5-6-27-25-34(41-20-22-45-23-21-41)47-42(26-27)32-15-11-31(12-16-32)39-36(44)38-30-9-7-28(8-10-30)35(43)37-29-13-17-33(18-14-29)46-24-19-40(2)3/h7-18,25-26H,4-6,19-24H2,1-3H3,(H,37,43)(H2,38,39,44). The number of likely N-dealkylation sites (N-methyl/N-ethyl adjacent to an activating group) is 1. The Kier molecular flexibility index (Phi) is 12.2. The number of amides is 3. The lowest BCUT2D eigenvalue weighted by atomic mass is 10.1. The fourth-order valence-corrected chi connectivity index (χ4v) is 6.07. The van der Waals surface area contributed by atoms with Gasteiger partial charge in [0.05, 0.1) is 23.9 Å². The van der Waals surface area contributed by atoms with Gasteiger partial charge in [-0.1, -0.05) is 13.3 Å². The first-order valence-electron chi connectivity index (χ1n) is 16.1. The largest absolute Gasteiger partial charge is 0.492 e. The van der Waals surface area contributed by atoms with Crippen LogP contribution < -0.4 is 25.0 Å². The number of unbranched alkanes of at least 4 members (excludes halogenated alkanes) is 1. The highest BCUT2D eigenvalue weighted by atomic mass is 32.2. The SMILES string of the molecule is CCCCC1=CN(c2ccc(NC(=O)Nc3ccc(C(=O)Nc4ccc(OCCN(C)C)cc4)cc3)cc2)SC(N2CCOCC2)=C1. The highest BCUT2D eigenvalue weighted by molar-refractivity contribution is 8.04. The quantitative estimate of drug-likeness (QED) is 0.166. The number of rotatable bonds is 13. The molecule has 3 aromatic carbocycles. The Morgan fingerprint density at radius 2 is 1.49 bits per heavy atom. The molecular weight excluding hydrogens is 613 g/mol. The predicted octanol–water partition coefficient (Wildman–Crippen LogP) is 7.24. The molecule has 2 aliphatic rings. The Morgan fingerprint density at radius 3 is 2.13 bits per heavy atom. The molecule has 0 aliphatic carbocycles. The number of morpholine rings is 1. The molecule has 2 heterocycles. The third-order valence-electron chi connectivity index (χ3n) is 7.63. The molecule has 0 atom stereocenters. The van der Waals surface area contributed by atoms with Gasteiger partial charge in [-0.05, 0) is 111 Å². The third kappa shape index (κ3) is 10.3. The Morgan fingerprint density at radius 1 is 0.872 bits per heavy atom. The minimum Gasteiger partial charge on any atom is -0.492 e. The van der Waals surface area contributed by atoms with Crippen LogP contribution in [0.2, 0.25) is 0 Å². The van der Waals surface area contributed by atoms with Crippen molar-refractivity contribution >= 4 is 46.6 Å². The monoisotopic (exact) mass is 656 g/mol. The number of carbonyl (C=O) groups is 2. The van der Waals surface area contributed by atoms with Gasteiger partial charge in [-0.15, -0.1) is 0 Å². The molecular formula is C36H44N6O4S. The number of anilines is 4. The van der Waals surface area contributed by atoms with Crippen LogP contribution >= 0.6 is 11.9 Å². The highest BCUT2D eigenvalue weighted by Crippen LogP contribution is 2.37. The van der Waals surface area contributed by atoms with Crippen molar-refractivity contribution in [1.82, 2.24) is 9.80 Å². The molecule has 1 fully saturated rings. The maximum atomic E-state index is 12.8. The van der Waals surface area contributed by atoms with Crippen LogP contribution in [0.3, 0.4) is 0 Å². The molecule has 11 heteroatoms. The second-order valence-corrected chi connectivity index (χ2v) is 12.6. The molecule has 0 saturated carbocycles. The van der Waals surface area contributed by atoms with Crippen molar-refractivity contribution in [2.45, 2.75) is 26.2 Å². The Labute approximate surface area is 281 Å². The van der Waals surface area contributed by atoms with Gasteiger partial charge in [0.15, 0.2) is 0 Å². The van der Waals surface area contributed by atoms with Crippen LogP contribution in [-0.2, 0) is 4.74 Å². The summed E-state index contributed by atoms with van der Waals surface area (Å²) >= 11 is 1.71. The van der Waals surface area contributed by atoms with E-state index in [-0.39, 0.29) is 11.9 Å². The number of hydrogen-bond acceptors (Lipinski definition) is 8. The molecule has 47 heavy (non-hydrogen) atoms. The number of nitrogens with zero attached hydrogens (tertiary/aromatic N) is 3. The van der Waals surface area contributed by atoms with Gasteiger partial charge in [-0.25, -0.2) is 4.79 Å². The van der Waals surface area contributed by atoms with Gasteiger partial charge >= 0.3 is 6.03 Å². The number of carbonyl (C=O) groups excluding carboxylic acids is 2. The van der Waals surface area contributed by atoms with E-state index >= 15 is 0 Å². The summed E-state index contributed by atoms with van der Waals surface area (Å²) in [6, 6.07) is 21.5. The second-order valence-electron chi connectivity index (χ2n) is 11.6. The first-order chi connectivity index (χ1) is 22.9. The van der Waals surface area contributed by atoms with Crippen LogP contribution in [0.5, 0.6) is 5.75 Å². The molecule has 3 aromatic rings. The summed E-state index contributed by atoms with van der Waals surface area (Å²) in [5, 5.41) is 9.86. The highest BCUT2D eigenvalue weighted by Gasteiger charge is 2.21. The van der Waals surface area contributed by atoms with E-state index in [1.54, 1.807) is 36.2 Å². The molecule has 3 N–H and O–H groups in total. The number of urea groups is 1. The first kappa shape index (κ1) is 33.9. The fraction of sp³-hybridized carbons (Fsp3) is 0.333. The number of nitrogens with one attached hydrogen (secondary N) is 3. The summed E-state index contributed by atoms with van der Waals surface area (Å²) in [7, 11) is 3.99. The molecule has 5 rings (SSSR count). The van der Waals surface area contributed by atoms with Crippen LogP contribution in [0.25, 0.3) is 0 Å². The Hall–Kier alpha value is -4.45. The summed E-state index contributed by atoms with van der Waals surface area (Å²) < 4.78 is 13.5. The van der Waals surface area contributed by atoms with Crippen LogP contribution in [-0.4, -0.2) is 75.3 Å². The van der Waals surface area contributed by atoms with Crippen LogP contribution in [0, 0.1) is 0 Å². The maximum Gasteiger partial charge on any atom is 0.323 e. The molecule has 248 valence electrons. The minimum atomic E-state index is -0.366. The normalized spacial score (nSPS) is 14.7. The molecule has 3 amide bonds. The van der Waals surface area contributed by atoms with E-state index in [1.165, 1.54) is 10.6 Å². The van der Waals surface area contributed by atoms with E-state index in [0.717, 1.165) is 63.5 Å². The van der Waals surface area contributed by atoms with E-state index < -0.39 is 0 Å². The topological polar surface area (TPSA) is 98.4 Å². The lowest BCUT2D eigenvalue weighted by Gasteiger charge is -2.35. The van der Waals surface area contributed by atoms with Crippen molar-refractivity contribution in [3.63, 3.8) is 0 Å². The lowest BCUT2D eigenvalue weighted by molar-refractivity contribution is 0.0576. The molecule has 0 aromatic heterocycles. The van der Waals surface area contributed by atoms with Crippen molar-refractivity contribution in [2.24, 2.45) is 0 Å². The van der Waals surface area contributed by atoms with E-state index in [4.69, 9.17) is 9.47 Å². The summed E-state index contributed by atoms with van der Waals surface area (Å²) in [6.07, 6.45) is 7.85. The maximum absolute atomic E-state index is 12.8.